The second kappa shape index (κ2) is 4.23. The summed E-state index contributed by atoms with van der Waals surface area (Å²) in [6, 6.07) is 3.84. The quantitative estimate of drug-likeness (QED) is 0.739. The van der Waals surface area contributed by atoms with E-state index in [1.165, 1.54) is 6.42 Å². The average molecular weight is 178 g/mol. The molecule has 0 unspecified atom stereocenters. The van der Waals surface area contributed by atoms with Gasteiger partial charge in [0, 0.05) is 12.7 Å². The molecule has 0 spiro atoms. The number of ether oxygens (including phenoxy) is 1. The van der Waals surface area contributed by atoms with Gasteiger partial charge in [-0.05, 0) is 31.5 Å². The number of nitrogens with zero attached hydrogens (tertiary/aromatic N) is 1. The lowest BCUT2D eigenvalue weighted by Gasteiger charge is -2.23. The van der Waals surface area contributed by atoms with Gasteiger partial charge in [0.15, 0.2) is 0 Å². The summed E-state index contributed by atoms with van der Waals surface area (Å²) in [4.78, 5) is 4.00. The van der Waals surface area contributed by atoms with Crippen molar-refractivity contribution in [3.8, 4) is 5.75 Å². The van der Waals surface area contributed by atoms with Crippen LogP contribution in [0.25, 0.3) is 0 Å². The summed E-state index contributed by atoms with van der Waals surface area (Å²) in [6.45, 7) is 2.07. The number of piperidine rings is 1. The van der Waals surface area contributed by atoms with Gasteiger partial charge in [0.2, 0.25) is 0 Å². The molecule has 3 heteroatoms. The van der Waals surface area contributed by atoms with Crippen LogP contribution in [0.4, 0.5) is 0 Å². The fraction of sp³-hybridized carbons (Fsp3) is 0.500. The minimum Gasteiger partial charge on any atom is -0.487 e. The molecule has 70 valence electrons. The summed E-state index contributed by atoms with van der Waals surface area (Å²) in [5.74, 6) is 0.871. The summed E-state index contributed by atoms with van der Waals surface area (Å²) >= 11 is 0. The van der Waals surface area contributed by atoms with E-state index in [2.05, 4.69) is 10.3 Å². The molecule has 0 saturated carbocycles. The fourth-order valence-corrected chi connectivity index (χ4v) is 1.53. The fourth-order valence-electron chi connectivity index (χ4n) is 1.53. The van der Waals surface area contributed by atoms with E-state index in [9.17, 15) is 0 Å². The Morgan fingerprint density at radius 2 is 2.54 bits per heavy atom. The minimum absolute atomic E-state index is 0.318. The standard InChI is InChI=1S/C10H14N2O/c1-3-9(7-11-5-1)13-10-4-2-6-12-8-10/h1,3,5,7,10,12H,2,4,6,8H2/t10-/m0/s1. The third-order valence-corrected chi connectivity index (χ3v) is 2.19. The third kappa shape index (κ3) is 2.42. The normalized spacial score (nSPS) is 22.6. The Kier molecular flexibility index (Phi) is 2.77. The number of nitrogens with one attached hydrogen (secondary N) is 1. The molecule has 3 nitrogen and oxygen atoms in total. The van der Waals surface area contributed by atoms with Crippen molar-refractivity contribution in [2.45, 2.75) is 18.9 Å². The molecule has 1 aromatic heterocycles. The summed E-state index contributed by atoms with van der Waals surface area (Å²) in [6.07, 6.45) is 6.17. The van der Waals surface area contributed by atoms with E-state index in [1.54, 1.807) is 12.4 Å². The van der Waals surface area contributed by atoms with Crippen LogP contribution in [0.1, 0.15) is 12.8 Å². The van der Waals surface area contributed by atoms with Gasteiger partial charge in [0.25, 0.3) is 0 Å². The van der Waals surface area contributed by atoms with Crippen LogP contribution in [0.15, 0.2) is 24.5 Å². The first kappa shape index (κ1) is 8.51. The molecular formula is C10H14N2O. The maximum absolute atomic E-state index is 5.73. The molecule has 1 atom stereocenters. The largest absolute Gasteiger partial charge is 0.487 e. The predicted octanol–water partition coefficient (Wildman–Crippen LogP) is 1.21. The van der Waals surface area contributed by atoms with Gasteiger partial charge >= 0.3 is 0 Å². The molecule has 13 heavy (non-hydrogen) atoms. The zero-order valence-corrected chi connectivity index (χ0v) is 7.57. The second-order valence-corrected chi connectivity index (χ2v) is 3.27. The average Bonchev–Trinajstić information content (AvgIpc) is 2.21. The van der Waals surface area contributed by atoms with Crippen LogP contribution in [0.3, 0.4) is 0 Å². The Morgan fingerprint density at radius 1 is 1.54 bits per heavy atom. The predicted molar refractivity (Wildman–Crippen MR) is 50.8 cm³/mol. The van der Waals surface area contributed by atoms with Gasteiger partial charge in [0.05, 0.1) is 6.20 Å². The lowest BCUT2D eigenvalue weighted by atomic mass is 10.1. The molecule has 1 aliphatic rings. The van der Waals surface area contributed by atoms with Crippen molar-refractivity contribution in [1.29, 1.82) is 0 Å². The van der Waals surface area contributed by atoms with E-state index < -0.39 is 0 Å². The lowest BCUT2D eigenvalue weighted by molar-refractivity contribution is 0.166. The van der Waals surface area contributed by atoms with Crippen LogP contribution in [-0.4, -0.2) is 24.2 Å². The summed E-state index contributed by atoms with van der Waals surface area (Å²) in [5.41, 5.74) is 0. The number of hydrogen-bond acceptors (Lipinski definition) is 3. The van der Waals surface area contributed by atoms with E-state index in [-0.39, 0.29) is 0 Å². The molecule has 0 amide bonds. The Balaban J connectivity index is 1.90. The van der Waals surface area contributed by atoms with Gasteiger partial charge in [-0.15, -0.1) is 0 Å². The zero-order chi connectivity index (χ0) is 8.93. The van der Waals surface area contributed by atoms with E-state index in [0.29, 0.717) is 6.10 Å². The van der Waals surface area contributed by atoms with Crippen LogP contribution < -0.4 is 10.1 Å². The molecule has 1 N–H and O–H groups in total. The topological polar surface area (TPSA) is 34.1 Å². The molecule has 0 aromatic carbocycles. The first-order chi connectivity index (χ1) is 6.45. The van der Waals surface area contributed by atoms with Crippen LogP contribution >= 0.6 is 0 Å². The number of pyridine rings is 1. The summed E-state index contributed by atoms with van der Waals surface area (Å²) in [5, 5.41) is 3.31. The highest BCUT2D eigenvalue weighted by Gasteiger charge is 2.13. The highest BCUT2D eigenvalue weighted by atomic mass is 16.5. The molecule has 1 fully saturated rings. The highest BCUT2D eigenvalue weighted by molar-refractivity contribution is 5.15. The van der Waals surface area contributed by atoms with Gasteiger partial charge < -0.3 is 10.1 Å². The van der Waals surface area contributed by atoms with Crippen molar-refractivity contribution in [2.75, 3.05) is 13.1 Å². The first-order valence-corrected chi connectivity index (χ1v) is 4.72. The van der Waals surface area contributed by atoms with E-state index in [4.69, 9.17) is 4.74 Å². The monoisotopic (exact) mass is 178 g/mol. The Morgan fingerprint density at radius 3 is 3.23 bits per heavy atom. The third-order valence-electron chi connectivity index (χ3n) is 2.19. The zero-order valence-electron chi connectivity index (χ0n) is 7.57. The Hall–Kier alpha value is -1.09. The molecule has 1 aromatic rings. The van der Waals surface area contributed by atoms with Crippen molar-refractivity contribution in [1.82, 2.24) is 10.3 Å². The number of aromatic nitrogens is 1. The second-order valence-electron chi connectivity index (χ2n) is 3.27. The van der Waals surface area contributed by atoms with Gasteiger partial charge in [-0.25, -0.2) is 0 Å². The van der Waals surface area contributed by atoms with Gasteiger partial charge in [0.1, 0.15) is 11.9 Å². The summed E-state index contributed by atoms with van der Waals surface area (Å²) in [7, 11) is 0. The molecule has 0 aliphatic carbocycles. The van der Waals surface area contributed by atoms with E-state index in [1.807, 2.05) is 12.1 Å². The van der Waals surface area contributed by atoms with Gasteiger partial charge in [-0.2, -0.15) is 0 Å². The molecule has 1 saturated heterocycles. The molecular weight excluding hydrogens is 164 g/mol. The lowest BCUT2D eigenvalue weighted by Crippen LogP contribution is -2.37. The minimum atomic E-state index is 0.318. The molecule has 2 heterocycles. The van der Waals surface area contributed by atoms with Gasteiger partial charge in [-0.3, -0.25) is 4.98 Å². The van der Waals surface area contributed by atoms with Gasteiger partial charge in [-0.1, -0.05) is 0 Å². The van der Waals surface area contributed by atoms with Crippen LogP contribution in [0, 0.1) is 0 Å². The van der Waals surface area contributed by atoms with Crippen molar-refractivity contribution >= 4 is 0 Å². The summed E-state index contributed by atoms with van der Waals surface area (Å²) < 4.78 is 5.73. The van der Waals surface area contributed by atoms with Crippen molar-refractivity contribution < 1.29 is 4.74 Å². The number of rotatable bonds is 2. The van der Waals surface area contributed by atoms with Crippen molar-refractivity contribution in [3.05, 3.63) is 24.5 Å². The first-order valence-electron chi connectivity index (χ1n) is 4.72. The van der Waals surface area contributed by atoms with Crippen LogP contribution in [0.2, 0.25) is 0 Å². The molecule has 0 bridgehead atoms. The maximum atomic E-state index is 5.73. The molecule has 0 radical (unpaired) electrons. The molecule has 1 aliphatic heterocycles. The van der Waals surface area contributed by atoms with Crippen LogP contribution in [0.5, 0.6) is 5.75 Å². The molecule has 2 rings (SSSR count). The van der Waals surface area contributed by atoms with Crippen molar-refractivity contribution in [2.24, 2.45) is 0 Å². The SMILES string of the molecule is c1cncc(O[C@H]2CCCNC2)c1. The Bertz CT molecular complexity index is 244. The van der Waals surface area contributed by atoms with Crippen molar-refractivity contribution in [3.63, 3.8) is 0 Å². The maximum Gasteiger partial charge on any atom is 0.138 e. The number of hydrogen-bond donors (Lipinski definition) is 1. The smallest absolute Gasteiger partial charge is 0.138 e. The van der Waals surface area contributed by atoms with E-state index >= 15 is 0 Å². The van der Waals surface area contributed by atoms with E-state index in [0.717, 1.165) is 25.3 Å². The highest BCUT2D eigenvalue weighted by Crippen LogP contribution is 2.13. The Labute approximate surface area is 78.1 Å². The van der Waals surface area contributed by atoms with Crippen LogP contribution in [-0.2, 0) is 0 Å².